The van der Waals surface area contributed by atoms with Gasteiger partial charge in [-0.15, -0.1) is 0 Å². The number of hydrogen-bond acceptors (Lipinski definition) is 2. The maximum absolute atomic E-state index is 5.70. The van der Waals surface area contributed by atoms with Crippen LogP contribution in [0.2, 0.25) is 0 Å². The van der Waals surface area contributed by atoms with Crippen LogP contribution in [0.1, 0.15) is 52.5 Å². The summed E-state index contributed by atoms with van der Waals surface area (Å²) in [6.45, 7) is 9.51. The Kier molecular flexibility index (Phi) is 6.81. The Morgan fingerprint density at radius 2 is 2.00 bits per heavy atom. The average molecular weight is 249 g/mol. The molecule has 18 heavy (non-hydrogen) atoms. The molecule has 0 amide bonds. The Hall–Kier alpha value is -1.02. The number of nitrogens with one attached hydrogen (secondary N) is 1. The average Bonchev–Trinajstić information content (AvgIpc) is 2.33. The van der Waals surface area contributed by atoms with Crippen molar-refractivity contribution in [2.75, 3.05) is 0 Å². The van der Waals surface area contributed by atoms with Gasteiger partial charge < -0.3 is 10.1 Å². The van der Waals surface area contributed by atoms with Gasteiger partial charge in [0.05, 0.1) is 6.10 Å². The van der Waals surface area contributed by atoms with Gasteiger partial charge in [0.1, 0.15) is 5.75 Å². The highest BCUT2D eigenvalue weighted by Gasteiger charge is 2.02. The predicted octanol–water partition coefficient (Wildman–Crippen LogP) is 4.14. The topological polar surface area (TPSA) is 21.3 Å². The van der Waals surface area contributed by atoms with Crippen LogP contribution in [0.4, 0.5) is 0 Å². The van der Waals surface area contributed by atoms with E-state index in [1.54, 1.807) is 0 Å². The Morgan fingerprint density at radius 1 is 1.22 bits per heavy atom. The van der Waals surface area contributed by atoms with E-state index in [4.69, 9.17) is 4.74 Å². The Balaban J connectivity index is 2.42. The van der Waals surface area contributed by atoms with Crippen molar-refractivity contribution in [1.29, 1.82) is 0 Å². The highest BCUT2D eigenvalue weighted by atomic mass is 16.5. The monoisotopic (exact) mass is 249 g/mol. The fraction of sp³-hybridized carbons (Fsp3) is 0.625. The Labute approximate surface area is 112 Å². The second-order valence-electron chi connectivity index (χ2n) is 5.24. The summed E-state index contributed by atoms with van der Waals surface area (Å²) < 4.78 is 5.70. The van der Waals surface area contributed by atoms with Gasteiger partial charge in [0.25, 0.3) is 0 Å². The van der Waals surface area contributed by atoms with Crippen molar-refractivity contribution in [2.45, 2.75) is 65.6 Å². The molecule has 1 rings (SSSR count). The zero-order valence-electron chi connectivity index (χ0n) is 12.2. The molecule has 1 aromatic rings. The van der Waals surface area contributed by atoms with Crippen LogP contribution in [0.25, 0.3) is 0 Å². The third-order valence-electron chi connectivity index (χ3n) is 2.92. The standard InChI is InChI=1S/C16H27NO/c1-5-6-8-14(4)17-12-15-9-7-10-16(11-15)18-13(2)3/h7,9-11,13-14,17H,5-6,8,12H2,1-4H3. The first-order chi connectivity index (χ1) is 8.61. The molecule has 2 nitrogen and oxygen atoms in total. The summed E-state index contributed by atoms with van der Waals surface area (Å²) in [7, 11) is 0. The van der Waals surface area contributed by atoms with Crippen molar-refractivity contribution in [2.24, 2.45) is 0 Å². The number of rotatable bonds is 8. The largest absolute Gasteiger partial charge is 0.491 e. The fourth-order valence-electron chi connectivity index (χ4n) is 1.91. The molecule has 0 aliphatic heterocycles. The molecule has 1 N–H and O–H groups in total. The Bertz CT molecular complexity index is 336. The number of unbranched alkanes of at least 4 members (excludes halogenated alkanes) is 1. The summed E-state index contributed by atoms with van der Waals surface area (Å²) >= 11 is 0. The first kappa shape index (κ1) is 15.0. The van der Waals surface area contributed by atoms with Gasteiger partial charge in [-0.1, -0.05) is 31.9 Å². The molecule has 0 saturated heterocycles. The van der Waals surface area contributed by atoms with Crippen molar-refractivity contribution in [1.82, 2.24) is 5.32 Å². The lowest BCUT2D eigenvalue weighted by Gasteiger charge is -2.14. The molecular weight excluding hydrogens is 222 g/mol. The summed E-state index contributed by atoms with van der Waals surface area (Å²) in [6.07, 6.45) is 4.05. The summed E-state index contributed by atoms with van der Waals surface area (Å²) in [5.41, 5.74) is 1.29. The second-order valence-corrected chi connectivity index (χ2v) is 5.24. The van der Waals surface area contributed by atoms with E-state index >= 15 is 0 Å². The molecule has 0 bridgehead atoms. The third kappa shape index (κ3) is 6.06. The molecule has 1 atom stereocenters. The number of benzene rings is 1. The van der Waals surface area contributed by atoms with E-state index in [1.165, 1.54) is 24.8 Å². The van der Waals surface area contributed by atoms with Gasteiger partial charge in [0.15, 0.2) is 0 Å². The maximum atomic E-state index is 5.70. The molecular formula is C16H27NO. The SMILES string of the molecule is CCCCC(C)NCc1cccc(OC(C)C)c1. The molecule has 102 valence electrons. The van der Waals surface area contributed by atoms with Gasteiger partial charge in [-0.2, -0.15) is 0 Å². The normalized spacial score (nSPS) is 12.7. The second kappa shape index (κ2) is 8.15. The molecule has 0 aliphatic rings. The summed E-state index contributed by atoms with van der Waals surface area (Å²) in [4.78, 5) is 0. The molecule has 0 saturated carbocycles. The lowest BCUT2D eigenvalue weighted by Crippen LogP contribution is -2.25. The van der Waals surface area contributed by atoms with Gasteiger partial charge in [0, 0.05) is 12.6 Å². The van der Waals surface area contributed by atoms with Crippen LogP contribution in [-0.4, -0.2) is 12.1 Å². The molecule has 0 radical (unpaired) electrons. The van der Waals surface area contributed by atoms with Crippen LogP contribution in [0.3, 0.4) is 0 Å². The van der Waals surface area contributed by atoms with Crippen LogP contribution < -0.4 is 10.1 Å². The maximum Gasteiger partial charge on any atom is 0.120 e. The smallest absolute Gasteiger partial charge is 0.120 e. The molecule has 1 aromatic carbocycles. The van der Waals surface area contributed by atoms with Crippen molar-refractivity contribution in [3.8, 4) is 5.75 Å². The minimum Gasteiger partial charge on any atom is -0.491 e. The first-order valence-corrected chi connectivity index (χ1v) is 7.10. The minimum atomic E-state index is 0.233. The van der Waals surface area contributed by atoms with Crippen molar-refractivity contribution >= 4 is 0 Å². The lowest BCUT2D eigenvalue weighted by atomic mass is 10.1. The van der Waals surface area contributed by atoms with Crippen LogP contribution >= 0.6 is 0 Å². The van der Waals surface area contributed by atoms with Crippen molar-refractivity contribution in [3.63, 3.8) is 0 Å². The van der Waals surface area contributed by atoms with Gasteiger partial charge in [0.2, 0.25) is 0 Å². The van der Waals surface area contributed by atoms with Gasteiger partial charge in [-0.25, -0.2) is 0 Å². The van der Waals surface area contributed by atoms with E-state index < -0.39 is 0 Å². The molecule has 0 spiro atoms. The molecule has 1 unspecified atom stereocenters. The minimum absolute atomic E-state index is 0.233. The summed E-state index contributed by atoms with van der Waals surface area (Å²) in [6, 6.07) is 8.93. The van der Waals surface area contributed by atoms with E-state index in [2.05, 4.69) is 51.2 Å². The van der Waals surface area contributed by atoms with E-state index in [-0.39, 0.29) is 6.10 Å². The van der Waals surface area contributed by atoms with Crippen LogP contribution in [0, 0.1) is 0 Å². The molecule has 0 heterocycles. The van der Waals surface area contributed by atoms with Crippen molar-refractivity contribution in [3.05, 3.63) is 29.8 Å². The molecule has 0 aliphatic carbocycles. The van der Waals surface area contributed by atoms with E-state index in [9.17, 15) is 0 Å². The van der Waals surface area contributed by atoms with Gasteiger partial charge >= 0.3 is 0 Å². The van der Waals surface area contributed by atoms with Crippen LogP contribution in [0.15, 0.2) is 24.3 Å². The molecule has 0 fully saturated rings. The van der Waals surface area contributed by atoms with Crippen LogP contribution in [0.5, 0.6) is 5.75 Å². The summed E-state index contributed by atoms with van der Waals surface area (Å²) in [5, 5.41) is 3.56. The zero-order chi connectivity index (χ0) is 13.4. The van der Waals surface area contributed by atoms with Gasteiger partial charge in [-0.3, -0.25) is 0 Å². The number of ether oxygens (including phenoxy) is 1. The highest BCUT2D eigenvalue weighted by Crippen LogP contribution is 2.15. The lowest BCUT2D eigenvalue weighted by molar-refractivity contribution is 0.242. The predicted molar refractivity (Wildman–Crippen MR) is 78.0 cm³/mol. The third-order valence-corrected chi connectivity index (χ3v) is 2.92. The van der Waals surface area contributed by atoms with E-state index in [1.807, 2.05) is 6.07 Å². The number of hydrogen-bond donors (Lipinski definition) is 1. The fourth-order valence-corrected chi connectivity index (χ4v) is 1.91. The summed E-state index contributed by atoms with van der Waals surface area (Å²) in [5.74, 6) is 0.963. The Morgan fingerprint density at radius 3 is 2.67 bits per heavy atom. The van der Waals surface area contributed by atoms with E-state index in [0.29, 0.717) is 6.04 Å². The zero-order valence-corrected chi connectivity index (χ0v) is 12.2. The van der Waals surface area contributed by atoms with Crippen LogP contribution in [-0.2, 0) is 6.54 Å². The quantitative estimate of drug-likeness (QED) is 0.747. The van der Waals surface area contributed by atoms with Gasteiger partial charge in [-0.05, 0) is 44.9 Å². The highest BCUT2D eigenvalue weighted by molar-refractivity contribution is 5.28. The molecule has 0 aromatic heterocycles. The first-order valence-electron chi connectivity index (χ1n) is 7.10. The molecule has 2 heteroatoms. The van der Waals surface area contributed by atoms with Crippen molar-refractivity contribution < 1.29 is 4.74 Å². The van der Waals surface area contributed by atoms with E-state index in [0.717, 1.165) is 12.3 Å².